The molecule has 3 aromatic rings. The van der Waals surface area contributed by atoms with Crippen LogP contribution < -0.4 is 5.32 Å². The van der Waals surface area contributed by atoms with Crippen molar-refractivity contribution in [1.29, 1.82) is 0 Å². The molecule has 0 radical (unpaired) electrons. The Bertz CT molecular complexity index is 1150. The number of piperidine rings is 1. The topological polar surface area (TPSA) is 75.9 Å². The summed E-state index contributed by atoms with van der Waals surface area (Å²) in [4.78, 5) is 19.9. The van der Waals surface area contributed by atoms with Gasteiger partial charge in [0.25, 0.3) is 5.91 Å². The second-order valence-corrected chi connectivity index (χ2v) is 8.10. The first-order valence-electron chi connectivity index (χ1n) is 10.6. The first-order valence-corrected chi connectivity index (χ1v) is 10.6. The van der Waals surface area contributed by atoms with Crippen molar-refractivity contribution in [3.8, 4) is 5.69 Å². The standard InChI is InChI=1S/C22H21F5N6O/c1-13-3-2-8-32(19(13)12-29-20-5-4-14(11-28-20)22(25,26)27)21(34)15-9-16(23)17(24)10-18(15)33-30-6-7-31-33/h4-7,9-11,13,19H,2-3,8,12H2,1H3,(H,28,29). The summed E-state index contributed by atoms with van der Waals surface area (Å²) in [6.07, 6.45) is 0.478. The summed E-state index contributed by atoms with van der Waals surface area (Å²) in [6.45, 7) is 2.54. The van der Waals surface area contributed by atoms with Gasteiger partial charge in [-0.15, -0.1) is 0 Å². The normalized spacial score (nSPS) is 18.7. The number of hydrogen-bond donors (Lipinski definition) is 1. The molecule has 2 aromatic heterocycles. The number of pyridine rings is 1. The molecule has 4 rings (SSSR count). The van der Waals surface area contributed by atoms with Crippen LogP contribution in [-0.4, -0.2) is 49.9 Å². The number of alkyl halides is 3. The quantitative estimate of drug-likeness (QED) is 0.551. The Kier molecular flexibility index (Phi) is 6.49. The Morgan fingerprint density at radius 2 is 1.85 bits per heavy atom. The minimum atomic E-state index is -4.49. The summed E-state index contributed by atoms with van der Waals surface area (Å²) in [7, 11) is 0. The molecule has 0 saturated carbocycles. The van der Waals surface area contributed by atoms with Crippen molar-refractivity contribution in [3.05, 3.63) is 65.6 Å². The van der Waals surface area contributed by atoms with Gasteiger partial charge in [-0.1, -0.05) is 6.92 Å². The number of likely N-dealkylation sites (tertiary alicyclic amines) is 1. The van der Waals surface area contributed by atoms with Crippen LogP contribution in [0, 0.1) is 17.6 Å². The van der Waals surface area contributed by atoms with Gasteiger partial charge in [-0.05, 0) is 37.0 Å². The van der Waals surface area contributed by atoms with Gasteiger partial charge in [-0.25, -0.2) is 13.8 Å². The summed E-state index contributed by atoms with van der Waals surface area (Å²) in [5.41, 5.74) is -0.955. The highest BCUT2D eigenvalue weighted by atomic mass is 19.4. The number of carbonyl (C=O) groups excluding carboxylic acids is 1. The van der Waals surface area contributed by atoms with Crippen molar-refractivity contribution in [2.45, 2.75) is 32.0 Å². The summed E-state index contributed by atoms with van der Waals surface area (Å²) >= 11 is 0. The Morgan fingerprint density at radius 1 is 1.15 bits per heavy atom. The van der Waals surface area contributed by atoms with Gasteiger partial charge in [0.15, 0.2) is 11.6 Å². The van der Waals surface area contributed by atoms with Crippen LogP contribution in [0.1, 0.15) is 35.7 Å². The van der Waals surface area contributed by atoms with Gasteiger partial charge in [0.2, 0.25) is 0 Å². The van der Waals surface area contributed by atoms with Crippen LogP contribution in [0.3, 0.4) is 0 Å². The monoisotopic (exact) mass is 480 g/mol. The molecule has 1 saturated heterocycles. The number of carbonyl (C=O) groups is 1. The number of amides is 1. The third kappa shape index (κ3) is 4.85. The maximum atomic E-state index is 14.1. The molecule has 34 heavy (non-hydrogen) atoms. The van der Waals surface area contributed by atoms with E-state index in [1.807, 2.05) is 6.92 Å². The van der Waals surface area contributed by atoms with Crippen molar-refractivity contribution >= 4 is 11.7 Å². The highest BCUT2D eigenvalue weighted by Gasteiger charge is 2.34. The molecule has 1 aliphatic heterocycles. The molecule has 2 unspecified atom stereocenters. The molecular formula is C22H21F5N6O. The molecule has 2 atom stereocenters. The van der Waals surface area contributed by atoms with Crippen LogP contribution >= 0.6 is 0 Å². The fraction of sp³-hybridized carbons (Fsp3) is 0.364. The van der Waals surface area contributed by atoms with Gasteiger partial charge in [-0.2, -0.15) is 28.2 Å². The molecule has 3 heterocycles. The second kappa shape index (κ2) is 9.35. The van der Waals surface area contributed by atoms with Gasteiger partial charge >= 0.3 is 6.18 Å². The molecule has 12 heteroatoms. The lowest BCUT2D eigenvalue weighted by Gasteiger charge is -2.40. The van der Waals surface area contributed by atoms with Crippen LogP contribution in [-0.2, 0) is 6.18 Å². The number of nitrogens with one attached hydrogen (secondary N) is 1. The van der Waals surface area contributed by atoms with Gasteiger partial charge < -0.3 is 10.2 Å². The molecular weight excluding hydrogens is 459 g/mol. The highest BCUT2D eigenvalue weighted by molar-refractivity contribution is 5.98. The Balaban J connectivity index is 1.58. The zero-order chi connectivity index (χ0) is 24.5. The molecule has 1 fully saturated rings. The van der Waals surface area contributed by atoms with E-state index in [-0.39, 0.29) is 35.6 Å². The van der Waals surface area contributed by atoms with Crippen molar-refractivity contribution in [3.63, 3.8) is 0 Å². The lowest BCUT2D eigenvalue weighted by atomic mass is 9.90. The van der Waals surface area contributed by atoms with E-state index in [2.05, 4.69) is 20.5 Å². The van der Waals surface area contributed by atoms with E-state index < -0.39 is 29.3 Å². The first-order chi connectivity index (χ1) is 16.1. The van der Waals surface area contributed by atoms with Crippen LogP contribution in [0.15, 0.2) is 42.9 Å². The molecule has 0 bridgehead atoms. The minimum Gasteiger partial charge on any atom is -0.368 e. The van der Waals surface area contributed by atoms with Crippen molar-refractivity contribution in [2.75, 3.05) is 18.4 Å². The fourth-order valence-electron chi connectivity index (χ4n) is 4.06. The van der Waals surface area contributed by atoms with E-state index in [0.29, 0.717) is 13.0 Å². The number of aromatic nitrogens is 4. The second-order valence-electron chi connectivity index (χ2n) is 8.10. The number of hydrogen-bond acceptors (Lipinski definition) is 5. The molecule has 1 amide bonds. The van der Waals surface area contributed by atoms with E-state index in [9.17, 15) is 26.7 Å². The predicted molar refractivity (Wildman–Crippen MR) is 112 cm³/mol. The maximum absolute atomic E-state index is 14.1. The molecule has 0 aliphatic carbocycles. The predicted octanol–water partition coefficient (Wildman–Crippen LogP) is 4.31. The summed E-state index contributed by atoms with van der Waals surface area (Å²) in [5, 5.41) is 10.8. The average Bonchev–Trinajstić information content (AvgIpc) is 3.34. The Labute approximate surface area is 191 Å². The lowest BCUT2D eigenvalue weighted by molar-refractivity contribution is -0.137. The largest absolute Gasteiger partial charge is 0.417 e. The van der Waals surface area contributed by atoms with E-state index >= 15 is 0 Å². The molecule has 1 N–H and O–H groups in total. The summed E-state index contributed by atoms with van der Waals surface area (Å²) < 4.78 is 66.4. The SMILES string of the molecule is CC1CCCN(C(=O)c2cc(F)c(F)cc2-n2nccn2)C1CNc1ccc(C(F)(F)F)cn1. The van der Waals surface area contributed by atoms with E-state index in [4.69, 9.17) is 0 Å². The van der Waals surface area contributed by atoms with Gasteiger partial charge in [0.05, 0.1) is 29.6 Å². The van der Waals surface area contributed by atoms with Crippen molar-refractivity contribution < 1.29 is 26.7 Å². The van der Waals surface area contributed by atoms with Crippen LogP contribution in [0.25, 0.3) is 5.69 Å². The molecule has 7 nitrogen and oxygen atoms in total. The van der Waals surface area contributed by atoms with Gasteiger partial charge in [-0.3, -0.25) is 4.79 Å². The third-order valence-corrected chi connectivity index (χ3v) is 5.86. The minimum absolute atomic E-state index is 0.00300. The van der Waals surface area contributed by atoms with E-state index in [0.717, 1.165) is 35.6 Å². The first kappa shape index (κ1) is 23.6. The molecule has 1 aliphatic rings. The molecule has 180 valence electrons. The lowest BCUT2D eigenvalue weighted by Crippen LogP contribution is -2.51. The van der Waals surface area contributed by atoms with Gasteiger partial charge in [0.1, 0.15) is 11.5 Å². The van der Waals surface area contributed by atoms with E-state index in [1.165, 1.54) is 18.5 Å². The zero-order valence-corrected chi connectivity index (χ0v) is 18.1. The number of benzene rings is 1. The number of nitrogens with zero attached hydrogens (tertiary/aromatic N) is 5. The fourth-order valence-corrected chi connectivity index (χ4v) is 4.06. The Hall–Kier alpha value is -3.57. The van der Waals surface area contributed by atoms with Crippen molar-refractivity contribution in [2.24, 2.45) is 5.92 Å². The van der Waals surface area contributed by atoms with Gasteiger partial charge in [0, 0.05) is 25.4 Å². The summed E-state index contributed by atoms with van der Waals surface area (Å²) in [6, 6.07) is 3.48. The maximum Gasteiger partial charge on any atom is 0.417 e. The van der Waals surface area contributed by atoms with Crippen LogP contribution in [0.4, 0.5) is 27.8 Å². The van der Waals surface area contributed by atoms with E-state index in [1.54, 1.807) is 4.90 Å². The van der Waals surface area contributed by atoms with Crippen molar-refractivity contribution in [1.82, 2.24) is 24.9 Å². The number of anilines is 1. The molecule has 0 spiro atoms. The van der Waals surface area contributed by atoms with Crippen LogP contribution in [0.2, 0.25) is 0 Å². The Morgan fingerprint density at radius 3 is 2.50 bits per heavy atom. The zero-order valence-electron chi connectivity index (χ0n) is 18.1. The highest BCUT2D eigenvalue weighted by Crippen LogP contribution is 2.30. The third-order valence-electron chi connectivity index (χ3n) is 5.86. The number of halogens is 5. The summed E-state index contributed by atoms with van der Waals surface area (Å²) in [5.74, 6) is -2.57. The average molecular weight is 480 g/mol. The number of rotatable bonds is 5. The van der Waals surface area contributed by atoms with Crippen LogP contribution in [0.5, 0.6) is 0 Å². The molecule has 1 aromatic carbocycles. The smallest absolute Gasteiger partial charge is 0.368 e.